The smallest absolute Gasteiger partial charge is 0.0715 e. The predicted octanol–water partition coefficient (Wildman–Crippen LogP) is 25.7. The quantitative estimate of drug-likeness (QED) is 0.0967. The molecule has 6 nitrogen and oxygen atoms in total. The minimum Gasteiger partial charge on any atom is -0.310 e. The second-order valence-corrected chi connectivity index (χ2v) is 26.8. The van der Waals surface area contributed by atoms with Gasteiger partial charge >= 0.3 is 0 Å². The zero-order chi connectivity index (χ0) is 69.6. The molecule has 0 bridgehead atoms. The molecule has 0 unspecified atom stereocenters. The lowest BCUT2D eigenvalue weighted by Gasteiger charge is -2.35. The van der Waals surface area contributed by atoms with Gasteiger partial charge in [0.2, 0.25) is 0 Å². The highest BCUT2D eigenvalue weighted by atomic mass is 15.2. The maximum atomic E-state index is 4.38. The Bertz CT molecular complexity index is 5750. The second-order valence-electron chi connectivity index (χ2n) is 26.8. The maximum Gasteiger partial charge on any atom is 0.0715 e. The van der Waals surface area contributed by atoms with Crippen molar-refractivity contribution in [3.05, 3.63) is 435 Å². The zero-order valence-electron chi connectivity index (χ0n) is 57.4. The van der Waals surface area contributed by atoms with E-state index in [1.807, 2.05) is 24.8 Å². The van der Waals surface area contributed by atoms with E-state index in [0.717, 1.165) is 123 Å². The van der Waals surface area contributed by atoms with Gasteiger partial charge in [0.1, 0.15) is 0 Å². The fourth-order valence-electron chi connectivity index (χ4n) is 16.4. The summed E-state index contributed by atoms with van der Waals surface area (Å²) in [5, 5.41) is 2.32. The minimum absolute atomic E-state index is 0.824. The Kier molecular flexibility index (Phi) is 15.7. The molecule has 0 fully saturated rings. The second kappa shape index (κ2) is 26.5. The molecule has 0 saturated carbocycles. The Morgan fingerprint density at radius 1 is 0.229 bits per heavy atom. The first-order chi connectivity index (χ1) is 52.1. The number of para-hydroxylation sites is 2. The van der Waals surface area contributed by atoms with Crippen molar-refractivity contribution >= 4 is 55.9 Å². The average Bonchev–Trinajstić information content (AvgIpc) is 1.55. The van der Waals surface area contributed by atoms with Crippen LogP contribution in [0.1, 0.15) is 22.3 Å². The molecule has 0 radical (unpaired) electrons. The van der Waals surface area contributed by atoms with Gasteiger partial charge < -0.3 is 18.9 Å². The van der Waals surface area contributed by atoms with Gasteiger partial charge in [-0.1, -0.05) is 267 Å². The highest BCUT2D eigenvalue weighted by Crippen LogP contribution is 2.59. The molecule has 1 aliphatic carbocycles. The van der Waals surface area contributed by atoms with E-state index in [1.54, 1.807) is 0 Å². The molecule has 0 spiro atoms. The van der Waals surface area contributed by atoms with E-state index in [2.05, 4.69) is 417 Å². The number of rotatable bonds is 16. The Hall–Kier alpha value is -13.9. The molecule has 18 aromatic rings. The van der Waals surface area contributed by atoms with Crippen molar-refractivity contribution in [1.82, 2.24) is 19.1 Å². The molecule has 14 aromatic carbocycles. The van der Waals surface area contributed by atoms with Crippen molar-refractivity contribution in [3.63, 3.8) is 0 Å². The maximum absolute atomic E-state index is 4.38. The molecule has 0 amide bonds. The van der Waals surface area contributed by atoms with E-state index in [0.29, 0.717) is 0 Å². The monoisotopic (exact) mass is 1340 g/mol. The van der Waals surface area contributed by atoms with Crippen LogP contribution in [-0.2, 0) is 5.41 Å². The average molecular weight is 1340 g/mol. The molecular weight excluding hydrogens is 1270 g/mol. The van der Waals surface area contributed by atoms with E-state index >= 15 is 0 Å². The van der Waals surface area contributed by atoms with E-state index in [1.165, 1.54) is 44.5 Å². The fourth-order valence-corrected chi connectivity index (χ4v) is 16.4. The van der Waals surface area contributed by atoms with Crippen LogP contribution in [0.5, 0.6) is 0 Å². The van der Waals surface area contributed by atoms with Crippen LogP contribution >= 0.6 is 0 Å². The lowest BCUT2D eigenvalue weighted by Crippen LogP contribution is -2.29. The summed E-state index contributed by atoms with van der Waals surface area (Å²) in [6, 6.07) is 143. The molecular formula is C99H68N6. The molecule has 0 aliphatic heterocycles. The molecule has 0 N–H and O–H groups in total. The molecule has 19 rings (SSSR count). The highest BCUT2D eigenvalue weighted by Gasteiger charge is 2.47. The number of fused-ring (bicyclic) bond motifs is 5. The van der Waals surface area contributed by atoms with Crippen molar-refractivity contribution < 1.29 is 0 Å². The molecule has 0 atom stereocenters. The van der Waals surface area contributed by atoms with E-state index in [9.17, 15) is 0 Å². The number of pyridine rings is 2. The van der Waals surface area contributed by atoms with Crippen molar-refractivity contribution in [2.75, 3.05) is 9.80 Å². The fraction of sp³-hybridized carbons (Fsp3) is 0.0101. The van der Waals surface area contributed by atoms with Crippen LogP contribution in [0.15, 0.2) is 413 Å². The zero-order valence-corrected chi connectivity index (χ0v) is 57.4. The molecule has 105 heavy (non-hydrogen) atoms. The Morgan fingerprint density at radius 3 is 0.867 bits per heavy atom. The summed E-state index contributed by atoms with van der Waals surface area (Å²) in [6.45, 7) is 0. The van der Waals surface area contributed by atoms with E-state index < -0.39 is 5.41 Å². The predicted molar refractivity (Wildman–Crippen MR) is 435 cm³/mol. The van der Waals surface area contributed by atoms with Gasteiger partial charge in [-0.3, -0.25) is 9.97 Å². The van der Waals surface area contributed by atoms with Crippen LogP contribution < -0.4 is 9.80 Å². The van der Waals surface area contributed by atoms with Crippen LogP contribution in [0.3, 0.4) is 0 Å². The molecule has 4 heterocycles. The van der Waals surface area contributed by atoms with Crippen molar-refractivity contribution in [1.29, 1.82) is 0 Å². The minimum atomic E-state index is -0.824. The summed E-state index contributed by atoms with van der Waals surface area (Å²) in [4.78, 5) is 13.7. The van der Waals surface area contributed by atoms with Crippen LogP contribution in [0, 0.1) is 0 Å². The largest absolute Gasteiger partial charge is 0.310 e. The van der Waals surface area contributed by atoms with Gasteiger partial charge in [0, 0.05) is 92.2 Å². The number of benzene rings is 14. The standard InChI is InChI=1S/C99H68N6/c1-9-25-73(26-10-1)95-89-55-51-85(67-93(89)104(79-37-21-7-22-38-79)97(95)75-29-13-3-14-30-75)102(81-45-41-69(42-46-81)71-57-61-100-62-58-71)83-49-53-87-88-54-50-84(66-92(88)99(91(87)65-83,77-33-17-5-18-34-77)78-35-19-6-20-36-78)103(82-47-43-70(44-48-82)72-59-63-101-64-60-72)86-52-56-90-94(68-86)105(80-39-23-8-24-40-80)98(76-31-15-4-16-32-76)96(90)74-27-11-2-12-28-74/h1-68H. The van der Waals surface area contributed by atoms with Gasteiger partial charge in [-0.2, -0.15) is 0 Å². The first-order valence-electron chi connectivity index (χ1n) is 35.8. The summed E-state index contributed by atoms with van der Waals surface area (Å²) >= 11 is 0. The summed E-state index contributed by atoms with van der Waals surface area (Å²) in [7, 11) is 0. The Balaban J connectivity index is 0.846. The third-order valence-corrected chi connectivity index (χ3v) is 21.0. The topological polar surface area (TPSA) is 42.1 Å². The molecule has 6 heteroatoms. The van der Waals surface area contributed by atoms with Crippen molar-refractivity contribution in [2.45, 2.75) is 5.41 Å². The lowest BCUT2D eigenvalue weighted by molar-refractivity contribution is 0.768. The van der Waals surface area contributed by atoms with Gasteiger partial charge in [-0.05, 0) is 199 Å². The molecule has 0 saturated heterocycles. The number of aromatic nitrogens is 4. The van der Waals surface area contributed by atoms with Crippen LogP contribution in [0.25, 0.3) is 111 Å². The first-order valence-corrected chi connectivity index (χ1v) is 35.8. The molecule has 4 aromatic heterocycles. The van der Waals surface area contributed by atoms with Crippen LogP contribution in [0.2, 0.25) is 0 Å². The van der Waals surface area contributed by atoms with Gasteiger partial charge in [-0.15, -0.1) is 0 Å². The summed E-state index contributed by atoms with van der Waals surface area (Å²) in [6.07, 6.45) is 7.46. The Morgan fingerprint density at radius 2 is 0.514 bits per heavy atom. The third kappa shape index (κ3) is 10.8. The van der Waals surface area contributed by atoms with E-state index in [-0.39, 0.29) is 0 Å². The summed E-state index contributed by atoms with van der Waals surface area (Å²) in [5.41, 5.74) is 30.3. The van der Waals surface area contributed by atoms with Crippen molar-refractivity contribution in [2.24, 2.45) is 0 Å². The van der Waals surface area contributed by atoms with Crippen molar-refractivity contribution in [3.8, 4) is 89.5 Å². The third-order valence-electron chi connectivity index (χ3n) is 21.0. The highest BCUT2D eigenvalue weighted by molar-refractivity contribution is 6.09. The number of anilines is 6. The summed E-state index contributed by atoms with van der Waals surface area (Å²) in [5.74, 6) is 0. The van der Waals surface area contributed by atoms with E-state index in [4.69, 9.17) is 0 Å². The molecule has 494 valence electrons. The van der Waals surface area contributed by atoms with Gasteiger partial charge in [0.15, 0.2) is 0 Å². The van der Waals surface area contributed by atoms with Crippen LogP contribution in [0.4, 0.5) is 34.1 Å². The number of nitrogens with zero attached hydrogens (tertiary/aromatic N) is 6. The Labute approximate surface area is 611 Å². The van der Waals surface area contributed by atoms with Gasteiger partial charge in [0.25, 0.3) is 0 Å². The van der Waals surface area contributed by atoms with Crippen LogP contribution in [-0.4, -0.2) is 19.1 Å². The lowest BCUT2D eigenvalue weighted by atomic mass is 9.67. The number of hydrogen-bond acceptors (Lipinski definition) is 4. The number of hydrogen-bond donors (Lipinski definition) is 0. The van der Waals surface area contributed by atoms with Gasteiger partial charge in [-0.25, -0.2) is 0 Å². The normalized spacial score (nSPS) is 12.1. The van der Waals surface area contributed by atoms with Gasteiger partial charge in [0.05, 0.1) is 27.8 Å². The first kappa shape index (κ1) is 62.1. The summed E-state index contributed by atoms with van der Waals surface area (Å²) < 4.78 is 4.94. The SMILES string of the molecule is c1ccc(-c2c(-c3ccccc3)n(-c3ccccc3)c3cc(N(c4ccc(-c5ccncc5)cc4)c4ccc5c(c4)C(c4ccccc4)(c4ccccc4)c4cc(N(c6ccc(-c7ccncc7)cc6)c6ccc7c(-c8ccccc8)c(-c8ccccc8)n(-c8ccccc8)c7c6)ccc4-5)ccc23)cc1. The molecule has 1 aliphatic rings.